The van der Waals surface area contributed by atoms with Crippen LogP contribution < -0.4 is 4.74 Å². The Labute approximate surface area is 161 Å². The molecule has 4 atom stereocenters. The number of ether oxygens (including phenoxy) is 1. The highest BCUT2D eigenvalue weighted by Crippen LogP contribution is 2.42. The van der Waals surface area contributed by atoms with E-state index in [9.17, 15) is 4.79 Å². The highest BCUT2D eigenvalue weighted by molar-refractivity contribution is 5.73. The number of hydrogen-bond acceptors (Lipinski definition) is 2. The van der Waals surface area contributed by atoms with Crippen molar-refractivity contribution in [3.63, 3.8) is 0 Å². The van der Waals surface area contributed by atoms with Crippen LogP contribution in [0.5, 0.6) is 5.75 Å². The number of carboxylic acid groups (broad SMARTS) is 1. The van der Waals surface area contributed by atoms with Crippen LogP contribution in [0.25, 0.3) is 0 Å². The Balaban J connectivity index is 1.29. The van der Waals surface area contributed by atoms with Crippen LogP contribution in [0.4, 0.5) is 0 Å². The van der Waals surface area contributed by atoms with Crippen LogP contribution in [-0.2, 0) is 11.2 Å². The quantitative estimate of drug-likeness (QED) is 0.711. The molecule has 1 N–H and O–H groups in total. The predicted molar refractivity (Wildman–Crippen MR) is 106 cm³/mol. The zero-order valence-electron chi connectivity index (χ0n) is 15.7. The largest absolute Gasteiger partial charge is 0.490 e. The van der Waals surface area contributed by atoms with Gasteiger partial charge in [0.15, 0.2) is 0 Å². The van der Waals surface area contributed by atoms with Crippen LogP contribution in [0.3, 0.4) is 0 Å². The standard InChI is InChI=1S/C24H28O3/c25-24(26)23-16-20(23)14-11-17-9-12-18(13-10-17)19-5-4-8-22(15-19)27-21-6-2-1-3-7-21/h1-3,6-7,9-10,12-13,19-20,22-23H,4-5,8,11,14-16H2,(H,25,26)/t19-,20?,22+,23-/m1/s1. The Morgan fingerprint density at radius 1 is 1.00 bits per heavy atom. The maximum absolute atomic E-state index is 10.9. The van der Waals surface area contributed by atoms with Crippen molar-refractivity contribution in [3.05, 3.63) is 65.7 Å². The third kappa shape index (κ3) is 4.71. The van der Waals surface area contributed by atoms with Gasteiger partial charge in [0.2, 0.25) is 0 Å². The third-order valence-electron chi connectivity index (χ3n) is 6.17. The number of rotatable bonds is 7. The fraction of sp³-hybridized carbons (Fsp3) is 0.458. The monoisotopic (exact) mass is 364 g/mol. The van der Waals surface area contributed by atoms with Crippen molar-refractivity contribution in [3.8, 4) is 5.75 Å². The lowest BCUT2D eigenvalue weighted by Crippen LogP contribution is -2.24. The van der Waals surface area contributed by atoms with E-state index in [2.05, 4.69) is 24.3 Å². The van der Waals surface area contributed by atoms with Crippen LogP contribution in [0.15, 0.2) is 54.6 Å². The molecule has 3 heteroatoms. The summed E-state index contributed by atoms with van der Waals surface area (Å²) in [6.07, 6.45) is 7.79. The number of para-hydroxylation sites is 1. The van der Waals surface area contributed by atoms with E-state index in [0.29, 0.717) is 17.9 Å². The van der Waals surface area contributed by atoms with Crippen molar-refractivity contribution in [1.29, 1.82) is 0 Å². The lowest BCUT2D eigenvalue weighted by molar-refractivity contribution is -0.138. The average Bonchev–Trinajstić information content (AvgIpc) is 3.48. The van der Waals surface area contributed by atoms with Crippen molar-refractivity contribution in [2.75, 3.05) is 0 Å². The van der Waals surface area contributed by atoms with Crippen molar-refractivity contribution in [1.82, 2.24) is 0 Å². The second-order valence-corrected chi connectivity index (χ2v) is 8.14. The minimum Gasteiger partial charge on any atom is -0.490 e. The van der Waals surface area contributed by atoms with E-state index in [4.69, 9.17) is 9.84 Å². The van der Waals surface area contributed by atoms with Gasteiger partial charge in [0.1, 0.15) is 5.75 Å². The van der Waals surface area contributed by atoms with E-state index in [1.165, 1.54) is 24.0 Å². The molecule has 2 fully saturated rings. The molecule has 1 unspecified atom stereocenters. The molecule has 0 saturated heterocycles. The molecule has 3 nitrogen and oxygen atoms in total. The summed E-state index contributed by atoms with van der Waals surface area (Å²) in [5.41, 5.74) is 2.73. The number of benzene rings is 2. The smallest absolute Gasteiger partial charge is 0.306 e. The number of aryl methyl sites for hydroxylation is 1. The van der Waals surface area contributed by atoms with Gasteiger partial charge < -0.3 is 9.84 Å². The number of carboxylic acids is 1. The summed E-state index contributed by atoms with van der Waals surface area (Å²) in [5.74, 6) is 1.21. The number of carbonyl (C=O) groups is 1. The van der Waals surface area contributed by atoms with Crippen LogP contribution in [0, 0.1) is 11.8 Å². The molecule has 0 aromatic heterocycles. The Kier molecular flexibility index (Phi) is 5.47. The van der Waals surface area contributed by atoms with E-state index in [1.807, 2.05) is 30.3 Å². The second kappa shape index (κ2) is 8.16. The Bertz CT molecular complexity index is 753. The van der Waals surface area contributed by atoms with E-state index in [-0.39, 0.29) is 5.92 Å². The highest BCUT2D eigenvalue weighted by Gasteiger charge is 2.42. The molecule has 0 aliphatic heterocycles. The molecule has 0 radical (unpaired) electrons. The first kappa shape index (κ1) is 18.1. The van der Waals surface area contributed by atoms with Crippen molar-refractivity contribution >= 4 is 5.97 Å². The summed E-state index contributed by atoms with van der Waals surface area (Å²) < 4.78 is 6.18. The number of hydrogen-bond donors (Lipinski definition) is 1. The van der Waals surface area contributed by atoms with Crippen LogP contribution >= 0.6 is 0 Å². The van der Waals surface area contributed by atoms with Gasteiger partial charge in [-0.3, -0.25) is 4.79 Å². The first-order valence-electron chi connectivity index (χ1n) is 10.2. The van der Waals surface area contributed by atoms with Gasteiger partial charge in [-0.1, -0.05) is 42.5 Å². The summed E-state index contributed by atoms with van der Waals surface area (Å²) in [7, 11) is 0. The minimum absolute atomic E-state index is 0.0898. The van der Waals surface area contributed by atoms with Crippen molar-refractivity contribution in [2.24, 2.45) is 11.8 Å². The predicted octanol–water partition coefficient (Wildman–Crippen LogP) is 5.45. The summed E-state index contributed by atoms with van der Waals surface area (Å²) in [5, 5.41) is 9.01. The minimum atomic E-state index is -0.625. The topological polar surface area (TPSA) is 46.5 Å². The van der Waals surface area contributed by atoms with Crippen molar-refractivity contribution < 1.29 is 14.6 Å². The summed E-state index contributed by atoms with van der Waals surface area (Å²) in [4.78, 5) is 10.9. The van der Waals surface area contributed by atoms with Gasteiger partial charge in [-0.25, -0.2) is 0 Å². The van der Waals surface area contributed by atoms with Gasteiger partial charge in [-0.05, 0) is 80.0 Å². The van der Waals surface area contributed by atoms with E-state index < -0.39 is 5.97 Å². The normalized spacial score (nSPS) is 27.1. The maximum atomic E-state index is 10.9. The van der Waals surface area contributed by atoms with Crippen LogP contribution in [-0.4, -0.2) is 17.2 Å². The fourth-order valence-electron chi connectivity index (χ4n) is 4.42. The van der Waals surface area contributed by atoms with Crippen LogP contribution in [0.2, 0.25) is 0 Å². The maximum Gasteiger partial charge on any atom is 0.306 e. The molecule has 2 saturated carbocycles. The van der Waals surface area contributed by atoms with Crippen molar-refractivity contribution in [2.45, 2.75) is 57.0 Å². The molecule has 2 aromatic rings. The van der Waals surface area contributed by atoms with Gasteiger partial charge >= 0.3 is 5.97 Å². The highest BCUT2D eigenvalue weighted by atomic mass is 16.5. The van der Waals surface area contributed by atoms with Crippen LogP contribution in [0.1, 0.15) is 55.6 Å². The Morgan fingerprint density at radius 3 is 2.48 bits per heavy atom. The van der Waals surface area contributed by atoms with Gasteiger partial charge in [0.25, 0.3) is 0 Å². The lowest BCUT2D eigenvalue weighted by Gasteiger charge is -2.30. The zero-order valence-corrected chi connectivity index (χ0v) is 15.7. The Morgan fingerprint density at radius 2 is 1.78 bits per heavy atom. The zero-order chi connectivity index (χ0) is 18.6. The van der Waals surface area contributed by atoms with Gasteiger partial charge in [0.05, 0.1) is 12.0 Å². The lowest BCUT2D eigenvalue weighted by atomic mass is 9.82. The molecule has 2 aromatic carbocycles. The van der Waals surface area contributed by atoms with Gasteiger partial charge in [0, 0.05) is 0 Å². The van der Waals surface area contributed by atoms with E-state index in [1.54, 1.807) is 0 Å². The first-order chi connectivity index (χ1) is 13.2. The second-order valence-electron chi connectivity index (χ2n) is 8.14. The summed E-state index contributed by atoms with van der Waals surface area (Å²) in [6, 6.07) is 19.1. The molecule has 2 aliphatic rings. The van der Waals surface area contributed by atoms with Gasteiger partial charge in [-0.15, -0.1) is 0 Å². The number of aliphatic carboxylic acids is 1. The van der Waals surface area contributed by atoms with E-state index in [0.717, 1.165) is 37.9 Å². The third-order valence-corrected chi connectivity index (χ3v) is 6.17. The fourth-order valence-corrected chi connectivity index (χ4v) is 4.42. The molecule has 0 spiro atoms. The molecule has 142 valence electrons. The molecular weight excluding hydrogens is 336 g/mol. The van der Waals surface area contributed by atoms with Gasteiger partial charge in [-0.2, -0.15) is 0 Å². The summed E-state index contributed by atoms with van der Waals surface area (Å²) >= 11 is 0. The molecule has 2 aliphatic carbocycles. The van der Waals surface area contributed by atoms with E-state index >= 15 is 0 Å². The average molecular weight is 364 g/mol. The molecule has 27 heavy (non-hydrogen) atoms. The summed E-state index contributed by atoms with van der Waals surface area (Å²) in [6.45, 7) is 0. The molecular formula is C24H28O3. The molecule has 4 rings (SSSR count). The Hall–Kier alpha value is -2.29. The molecule has 0 heterocycles. The first-order valence-corrected chi connectivity index (χ1v) is 10.2. The SMILES string of the molecule is O=C(O)[C@@H]1CC1CCc1ccc([C@@H]2CCC[C@H](Oc3ccccc3)C2)cc1. The molecule has 0 amide bonds. The molecule has 0 bridgehead atoms.